The van der Waals surface area contributed by atoms with E-state index < -0.39 is 0 Å². The van der Waals surface area contributed by atoms with Crippen molar-refractivity contribution in [1.29, 1.82) is 0 Å². The Kier molecular flexibility index (Phi) is 5.05. The summed E-state index contributed by atoms with van der Waals surface area (Å²) in [6.07, 6.45) is 0.614. The fourth-order valence-electron chi connectivity index (χ4n) is 4.40. The fourth-order valence-corrected chi connectivity index (χ4v) is 4.40. The van der Waals surface area contributed by atoms with Gasteiger partial charge in [0.1, 0.15) is 11.6 Å². The Hall–Kier alpha value is -3.80. The fraction of sp³-hybridized carbons (Fsp3) is 0.192. The summed E-state index contributed by atoms with van der Waals surface area (Å²) < 4.78 is 19.8. The van der Waals surface area contributed by atoms with Crippen molar-refractivity contribution in [2.24, 2.45) is 0 Å². The number of amides is 1. The largest absolute Gasteiger partial charge is 0.484 e. The molecule has 0 bridgehead atoms. The van der Waals surface area contributed by atoms with Gasteiger partial charge in [0.05, 0.1) is 5.52 Å². The van der Waals surface area contributed by atoms with E-state index in [0.717, 1.165) is 44.0 Å². The third kappa shape index (κ3) is 3.58. The van der Waals surface area contributed by atoms with E-state index in [4.69, 9.17) is 4.74 Å². The molecule has 32 heavy (non-hydrogen) atoms. The van der Waals surface area contributed by atoms with Gasteiger partial charge in [-0.25, -0.2) is 4.39 Å². The van der Waals surface area contributed by atoms with Crippen LogP contribution in [0.2, 0.25) is 0 Å². The topological polar surface area (TPSA) is 69.9 Å². The zero-order chi connectivity index (χ0) is 22.2. The highest BCUT2D eigenvalue weighted by Gasteiger charge is 2.14. The van der Waals surface area contributed by atoms with Gasteiger partial charge in [0.2, 0.25) is 0 Å². The van der Waals surface area contributed by atoms with Crippen LogP contribution in [0.1, 0.15) is 16.8 Å². The minimum atomic E-state index is -0.260. The highest BCUT2D eigenvalue weighted by molar-refractivity contribution is 6.07. The lowest BCUT2D eigenvalue weighted by molar-refractivity contribution is -0.123. The Labute approximate surface area is 184 Å². The molecule has 0 aliphatic rings. The van der Waals surface area contributed by atoms with Crippen LogP contribution in [0.4, 0.5) is 4.39 Å². The number of aryl methyl sites for hydroxylation is 2. The third-order valence-corrected chi connectivity index (χ3v) is 5.97. The van der Waals surface area contributed by atoms with Crippen LogP contribution in [0.3, 0.4) is 0 Å². The molecule has 3 N–H and O–H groups in total. The summed E-state index contributed by atoms with van der Waals surface area (Å²) in [7, 11) is 0. The van der Waals surface area contributed by atoms with Crippen LogP contribution in [0.15, 0.2) is 54.6 Å². The highest BCUT2D eigenvalue weighted by atomic mass is 19.1. The maximum Gasteiger partial charge on any atom is 0.257 e. The van der Waals surface area contributed by atoms with Crippen molar-refractivity contribution in [2.45, 2.75) is 20.3 Å². The van der Waals surface area contributed by atoms with E-state index in [2.05, 4.69) is 21.4 Å². The number of fused-ring (bicyclic) bond motifs is 4. The van der Waals surface area contributed by atoms with Gasteiger partial charge in [-0.1, -0.05) is 24.3 Å². The molecule has 162 valence electrons. The van der Waals surface area contributed by atoms with Crippen LogP contribution < -0.4 is 10.1 Å². The Morgan fingerprint density at radius 3 is 2.69 bits per heavy atom. The Morgan fingerprint density at radius 2 is 1.81 bits per heavy atom. The Balaban J connectivity index is 1.22. The van der Waals surface area contributed by atoms with Crippen molar-refractivity contribution in [2.75, 3.05) is 13.2 Å². The first kappa shape index (κ1) is 20.1. The molecular formula is C26H24FN3O2. The molecule has 0 aliphatic carbocycles. The van der Waals surface area contributed by atoms with E-state index in [1.807, 2.05) is 50.2 Å². The first-order chi connectivity index (χ1) is 15.5. The smallest absolute Gasteiger partial charge is 0.257 e. The maximum absolute atomic E-state index is 14.1. The molecule has 0 radical (unpaired) electrons. The number of carbonyl (C=O) groups is 1. The second-order valence-electron chi connectivity index (χ2n) is 8.11. The van der Waals surface area contributed by atoms with Crippen molar-refractivity contribution in [3.05, 3.63) is 77.2 Å². The molecule has 2 aromatic heterocycles. The van der Waals surface area contributed by atoms with E-state index in [1.165, 1.54) is 6.07 Å². The number of carbonyl (C=O) groups excluding carboxylic acids is 1. The summed E-state index contributed by atoms with van der Waals surface area (Å²) in [4.78, 5) is 18.8. The molecule has 1 amide bonds. The summed E-state index contributed by atoms with van der Waals surface area (Å²) in [5.41, 5.74) is 5.60. The predicted octanol–water partition coefficient (Wildman–Crippen LogP) is 5.30. The summed E-state index contributed by atoms with van der Waals surface area (Å²) in [5.74, 6) is 0.199. The van der Waals surface area contributed by atoms with Gasteiger partial charge in [-0.2, -0.15) is 0 Å². The summed E-state index contributed by atoms with van der Waals surface area (Å²) in [6.45, 7) is 4.29. The van der Waals surface area contributed by atoms with Gasteiger partial charge >= 0.3 is 0 Å². The minimum absolute atomic E-state index is 0.0611. The quantitative estimate of drug-likeness (QED) is 0.343. The van der Waals surface area contributed by atoms with Crippen molar-refractivity contribution in [3.8, 4) is 5.75 Å². The van der Waals surface area contributed by atoms with Crippen LogP contribution in [-0.4, -0.2) is 29.0 Å². The number of benzene rings is 3. The van der Waals surface area contributed by atoms with E-state index in [0.29, 0.717) is 24.2 Å². The second-order valence-corrected chi connectivity index (χ2v) is 8.11. The lowest BCUT2D eigenvalue weighted by atomic mass is 10.0. The standard InChI is InChI=1S/C26H24FN3O2/c1-15-7-9-21(27)26-25(15)18(16(2)29-26)11-12-28-24(31)14-32-17-8-10-23-20(13-17)19-5-3-4-6-22(19)30-23/h3-10,13,29-30H,11-12,14H2,1-2H3,(H,28,31). The Morgan fingerprint density at radius 1 is 1.00 bits per heavy atom. The number of rotatable bonds is 6. The number of hydrogen-bond donors (Lipinski definition) is 3. The molecule has 5 nitrogen and oxygen atoms in total. The predicted molar refractivity (Wildman–Crippen MR) is 126 cm³/mol. The van der Waals surface area contributed by atoms with E-state index in [-0.39, 0.29) is 18.3 Å². The third-order valence-electron chi connectivity index (χ3n) is 5.97. The molecule has 5 rings (SSSR count). The monoisotopic (exact) mass is 429 g/mol. The first-order valence-electron chi connectivity index (χ1n) is 10.7. The van der Waals surface area contributed by atoms with Gasteiger partial charge in [0.25, 0.3) is 5.91 Å². The number of aromatic nitrogens is 2. The molecule has 6 heteroatoms. The molecule has 2 heterocycles. The summed E-state index contributed by atoms with van der Waals surface area (Å²) in [5, 5.41) is 5.99. The lowest BCUT2D eigenvalue weighted by Gasteiger charge is -2.09. The molecule has 0 unspecified atom stereocenters. The van der Waals surface area contributed by atoms with Crippen molar-refractivity contribution >= 4 is 38.6 Å². The average Bonchev–Trinajstić information content (AvgIpc) is 3.33. The molecular weight excluding hydrogens is 405 g/mol. The lowest BCUT2D eigenvalue weighted by Crippen LogP contribution is -2.30. The number of para-hydroxylation sites is 1. The molecule has 0 fully saturated rings. The molecule has 0 aliphatic heterocycles. The molecule has 0 atom stereocenters. The van der Waals surface area contributed by atoms with Crippen molar-refractivity contribution in [1.82, 2.24) is 15.3 Å². The number of nitrogens with one attached hydrogen (secondary N) is 3. The van der Waals surface area contributed by atoms with Gasteiger partial charge in [-0.3, -0.25) is 4.79 Å². The zero-order valence-electron chi connectivity index (χ0n) is 18.0. The van der Waals surface area contributed by atoms with Crippen molar-refractivity contribution < 1.29 is 13.9 Å². The van der Waals surface area contributed by atoms with Gasteiger partial charge in [0.15, 0.2) is 6.61 Å². The average molecular weight is 429 g/mol. The summed E-state index contributed by atoms with van der Waals surface area (Å²) in [6, 6.07) is 17.1. The van der Waals surface area contributed by atoms with Gasteiger partial charge in [-0.05, 0) is 61.7 Å². The minimum Gasteiger partial charge on any atom is -0.484 e. The molecule has 0 spiro atoms. The maximum atomic E-state index is 14.1. The van der Waals surface area contributed by atoms with Crippen molar-refractivity contribution in [3.63, 3.8) is 0 Å². The Bertz CT molecular complexity index is 1460. The highest BCUT2D eigenvalue weighted by Crippen LogP contribution is 2.29. The van der Waals surface area contributed by atoms with E-state index >= 15 is 0 Å². The second kappa shape index (κ2) is 8.04. The zero-order valence-corrected chi connectivity index (χ0v) is 18.0. The van der Waals surface area contributed by atoms with Crippen LogP contribution >= 0.6 is 0 Å². The van der Waals surface area contributed by atoms with Crippen LogP contribution in [-0.2, 0) is 11.2 Å². The van der Waals surface area contributed by atoms with Gasteiger partial charge in [-0.15, -0.1) is 0 Å². The number of H-pyrrole nitrogens is 2. The first-order valence-corrected chi connectivity index (χ1v) is 10.7. The summed E-state index contributed by atoms with van der Waals surface area (Å²) >= 11 is 0. The normalized spacial score (nSPS) is 11.5. The number of ether oxygens (including phenoxy) is 1. The number of halogens is 1. The van der Waals surface area contributed by atoms with Crippen LogP contribution in [0.5, 0.6) is 5.75 Å². The molecule has 0 saturated carbocycles. The number of hydrogen-bond acceptors (Lipinski definition) is 2. The molecule has 3 aromatic carbocycles. The van der Waals surface area contributed by atoms with Gasteiger partial charge in [0, 0.05) is 39.4 Å². The molecule has 0 saturated heterocycles. The SMILES string of the molecule is Cc1[nH]c2c(F)ccc(C)c2c1CCNC(=O)COc1ccc2[nH]c3ccccc3c2c1. The molecule has 5 aromatic rings. The van der Waals surface area contributed by atoms with E-state index in [1.54, 1.807) is 6.07 Å². The number of aromatic amines is 2. The van der Waals surface area contributed by atoms with Gasteiger partial charge < -0.3 is 20.0 Å². The van der Waals surface area contributed by atoms with E-state index in [9.17, 15) is 9.18 Å². The van der Waals surface area contributed by atoms with Crippen LogP contribution in [0, 0.1) is 19.7 Å². The van der Waals surface area contributed by atoms with Crippen LogP contribution in [0.25, 0.3) is 32.7 Å².